The lowest BCUT2D eigenvalue weighted by molar-refractivity contribution is -0.386. The topological polar surface area (TPSA) is 127 Å². The largest absolute Gasteiger partial charge is 0.493 e. The molecule has 2 aromatic carbocycles. The molecule has 0 spiro atoms. The van der Waals surface area contributed by atoms with Gasteiger partial charge >= 0.3 is 16.9 Å². The average molecular weight is 492 g/mol. The van der Waals surface area contributed by atoms with Crippen LogP contribution in [0.5, 0.6) is 11.5 Å². The van der Waals surface area contributed by atoms with Crippen molar-refractivity contribution < 1.29 is 18.8 Å². The third-order valence-electron chi connectivity index (χ3n) is 4.09. The highest BCUT2D eigenvalue weighted by molar-refractivity contribution is 9.10. The predicted molar refractivity (Wildman–Crippen MR) is 115 cm³/mol. The molecule has 11 heteroatoms. The van der Waals surface area contributed by atoms with Crippen LogP contribution in [0.3, 0.4) is 0 Å². The standard InChI is InChI=1S/C20H15BrFN3O6/c1-30-16-9-11(5-6-15-17(25(28)29)19(26)24-20(27)23-15)8-14(21)18(16)31-10-12-3-2-4-13(22)7-12/h2-9H,10H2,1H3,(H2,23,24,26,27). The first-order valence-corrected chi connectivity index (χ1v) is 9.51. The Labute approximate surface area is 182 Å². The average Bonchev–Trinajstić information content (AvgIpc) is 2.70. The van der Waals surface area contributed by atoms with Gasteiger partial charge in [-0.15, -0.1) is 0 Å². The Bertz CT molecular complexity index is 1280. The zero-order valence-corrected chi connectivity index (χ0v) is 17.6. The van der Waals surface area contributed by atoms with Gasteiger partial charge in [0.15, 0.2) is 11.5 Å². The van der Waals surface area contributed by atoms with Gasteiger partial charge in [0, 0.05) is 0 Å². The van der Waals surface area contributed by atoms with E-state index in [1.54, 1.807) is 24.3 Å². The normalized spacial score (nSPS) is 10.9. The van der Waals surface area contributed by atoms with Gasteiger partial charge in [-0.3, -0.25) is 19.9 Å². The molecule has 0 fully saturated rings. The monoisotopic (exact) mass is 491 g/mol. The van der Waals surface area contributed by atoms with E-state index in [9.17, 15) is 24.1 Å². The summed E-state index contributed by atoms with van der Waals surface area (Å²) in [5.74, 6) is 0.346. The Balaban J connectivity index is 1.91. The Hall–Kier alpha value is -3.73. The molecule has 160 valence electrons. The minimum Gasteiger partial charge on any atom is -0.493 e. The van der Waals surface area contributed by atoms with E-state index >= 15 is 0 Å². The minimum atomic E-state index is -1.10. The van der Waals surface area contributed by atoms with Crippen LogP contribution in [-0.4, -0.2) is 22.0 Å². The highest BCUT2D eigenvalue weighted by Gasteiger charge is 2.19. The van der Waals surface area contributed by atoms with Crippen LogP contribution < -0.4 is 20.7 Å². The number of aromatic nitrogens is 2. The Morgan fingerprint density at radius 1 is 1.19 bits per heavy atom. The summed E-state index contributed by atoms with van der Waals surface area (Å²) in [6.45, 7) is 0.0993. The lowest BCUT2D eigenvalue weighted by Gasteiger charge is -2.13. The summed E-state index contributed by atoms with van der Waals surface area (Å²) >= 11 is 3.38. The molecule has 0 saturated carbocycles. The molecule has 0 atom stereocenters. The van der Waals surface area contributed by atoms with Crippen molar-refractivity contribution in [2.24, 2.45) is 0 Å². The maximum atomic E-state index is 13.3. The first kappa shape index (κ1) is 22.0. The molecule has 0 aliphatic carbocycles. The second-order valence-corrected chi connectivity index (χ2v) is 7.07. The van der Waals surface area contributed by atoms with Crippen LogP contribution >= 0.6 is 15.9 Å². The number of aromatic amines is 2. The number of rotatable bonds is 7. The summed E-state index contributed by atoms with van der Waals surface area (Å²) in [7, 11) is 1.43. The van der Waals surface area contributed by atoms with Gasteiger partial charge in [-0.25, -0.2) is 9.18 Å². The van der Waals surface area contributed by atoms with Gasteiger partial charge in [-0.05, 0) is 57.4 Å². The van der Waals surface area contributed by atoms with Gasteiger partial charge in [0.05, 0.1) is 16.5 Å². The van der Waals surface area contributed by atoms with Crippen LogP contribution in [0.1, 0.15) is 16.8 Å². The number of methoxy groups -OCH3 is 1. The molecule has 1 heterocycles. The molecule has 0 unspecified atom stereocenters. The quantitative estimate of drug-likeness (QED) is 0.383. The van der Waals surface area contributed by atoms with Crippen LogP contribution in [0.2, 0.25) is 0 Å². The fraction of sp³-hybridized carbons (Fsp3) is 0.100. The summed E-state index contributed by atoms with van der Waals surface area (Å²) in [5, 5.41) is 11.1. The molecule has 3 aromatic rings. The summed E-state index contributed by atoms with van der Waals surface area (Å²) in [6.07, 6.45) is 2.70. The molecular weight excluding hydrogens is 477 g/mol. The van der Waals surface area contributed by atoms with Crippen molar-refractivity contribution in [2.75, 3.05) is 7.11 Å². The summed E-state index contributed by atoms with van der Waals surface area (Å²) in [5.41, 5.74) is -1.83. The van der Waals surface area contributed by atoms with E-state index < -0.39 is 21.9 Å². The van der Waals surface area contributed by atoms with E-state index in [0.29, 0.717) is 27.1 Å². The van der Waals surface area contributed by atoms with E-state index in [1.807, 2.05) is 4.98 Å². The molecule has 0 bridgehead atoms. The van der Waals surface area contributed by atoms with E-state index in [1.165, 1.54) is 31.4 Å². The summed E-state index contributed by atoms with van der Waals surface area (Å²) in [6, 6.07) is 9.23. The predicted octanol–water partition coefficient (Wildman–Crippen LogP) is 3.63. The number of hydrogen-bond acceptors (Lipinski definition) is 6. The van der Waals surface area contributed by atoms with Gasteiger partial charge in [0.25, 0.3) is 0 Å². The number of benzene rings is 2. The Kier molecular flexibility index (Phi) is 6.65. The van der Waals surface area contributed by atoms with Gasteiger partial charge in [-0.2, -0.15) is 0 Å². The number of H-pyrrole nitrogens is 2. The van der Waals surface area contributed by atoms with Crippen molar-refractivity contribution in [3.8, 4) is 11.5 Å². The number of nitrogens with zero attached hydrogens (tertiary/aromatic N) is 1. The summed E-state index contributed by atoms with van der Waals surface area (Å²) < 4.78 is 25.0. The van der Waals surface area contributed by atoms with Crippen LogP contribution in [0, 0.1) is 15.9 Å². The second-order valence-electron chi connectivity index (χ2n) is 6.21. The first-order chi connectivity index (χ1) is 14.8. The summed E-state index contributed by atoms with van der Waals surface area (Å²) in [4.78, 5) is 37.5. The smallest absolute Gasteiger partial charge is 0.357 e. The zero-order valence-electron chi connectivity index (χ0n) is 16.0. The zero-order chi connectivity index (χ0) is 22.5. The SMILES string of the molecule is COc1cc(C=Cc2[nH]c(=O)[nH]c(=O)c2[N+](=O)[O-])cc(Br)c1OCc1cccc(F)c1. The number of ether oxygens (including phenoxy) is 2. The van der Waals surface area contributed by atoms with Crippen molar-refractivity contribution in [1.29, 1.82) is 0 Å². The highest BCUT2D eigenvalue weighted by Crippen LogP contribution is 2.37. The molecule has 0 saturated heterocycles. The van der Waals surface area contributed by atoms with Crippen molar-refractivity contribution in [3.63, 3.8) is 0 Å². The Morgan fingerprint density at radius 2 is 1.97 bits per heavy atom. The van der Waals surface area contributed by atoms with Crippen molar-refractivity contribution in [2.45, 2.75) is 6.61 Å². The molecule has 1 aromatic heterocycles. The van der Waals surface area contributed by atoms with Gasteiger partial charge < -0.3 is 14.5 Å². The number of nitro groups is 1. The number of halogens is 2. The first-order valence-electron chi connectivity index (χ1n) is 8.72. The van der Waals surface area contributed by atoms with E-state index in [4.69, 9.17) is 9.47 Å². The Morgan fingerprint density at radius 3 is 2.65 bits per heavy atom. The van der Waals surface area contributed by atoms with Crippen LogP contribution in [0.4, 0.5) is 10.1 Å². The van der Waals surface area contributed by atoms with Crippen LogP contribution in [0.25, 0.3) is 12.2 Å². The molecule has 31 heavy (non-hydrogen) atoms. The van der Waals surface area contributed by atoms with Crippen LogP contribution in [0.15, 0.2) is 50.5 Å². The molecule has 9 nitrogen and oxygen atoms in total. The lowest BCUT2D eigenvalue weighted by Crippen LogP contribution is -2.25. The van der Waals surface area contributed by atoms with Crippen LogP contribution in [-0.2, 0) is 6.61 Å². The fourth-order valence-corrected chi connectivity index (χ4v) is 3.31. The number of hydrogen-bond donors (Lipinski definition) is 2. The van der Waals surface area contributed by atoms with Gasteiger partial charge in [0.1, 0.15) is 18.1 Å². The van der Waals surface area contributed by atoms with Gasteiger partial charge in [-0.1, -0.05) is 18.2 Å². The molecule has 2 N–H and O–H groups in total. The van der Waals surface area contributed by atoms with Crippen molar-refractivity contribution >= 4 is 33.8 Å². The fourth-order valence-electron chi connectivity index (χ4n) is 2.74. The maximum absolute atomic E-state index is 13.3. The highest BCUT2D eigenvalue weighted by atomic mass is 79.9. The molecule has 0 amide bonds. The number of nitrogens with one attached hydrogen (secondary N) is 2. The van der Waals surface area contributed by atoms with Crippen molar-refractivity contribution in [1.82, 2.24) is 9.97 Å². The van der Waals surface area contributed by atoms with Gasteiger partial charge in [0.2, 0.25) is 0 Å². The molecule has 3 rings (SSSR count). The minimum absolute atomic E-state index is 0.0993. The lowest BCUT2D eigenvalue weighted by atomic mass is 10.1. The van der Waals surface area contributed by atoms with Crippen molar-refractivity contribution in [3.05, 3.63) is 94.5 Å². The third kappa shape index (κ3) is 5.25. The van der Waals surface area contributed by atoms with E-state index in [0.717, 1.165) is 0 Å². The van der Waals surface area contributed by atoms with E-state index in [2.05, 4.69) is 20.9 Å². The molecular formula is C20H15BrFN3O6. The molecule has 0 aliphatic heterocycles. The third-order valence-corrected chi connectivity index (χ3v) is 4.68. The molecule has 0 radical (unpaired) electrons. The molecule has 0 aliphatic rings. The second kappa shape index (κ2) is 9.39. The maximum Gasteiger partial charge on any atom is 0.357 e. The van der Waals surface area contributed by atoms with E-state index in [-0.39, 0.29) is 18.1 Å².